The Bertz CT molecular complexity index is 110. The molecular formula is C5H11NO5. The van der Waals surface area contributed by atoms with E-state index < -0.39 is 11.9 Å². The van der Waals surface area contributed by atoms with Crippen LogP contribution in [0.3, 0.4) is 0 Å². The molecule has 0 aromatic rings. The Balaban J connectivity index is 0. The van der Waals surface area contributed by atoms with E-state index >= 15 is 0 Å². The minimum atomic E-state index is -1.82. The quantitative estimate of drug-likeness (QED) is 0.325. The van der Waals surface area contributed by atoms with Crippen LogP contribution in [0.25, 0.3) is 0 Å². The summed E-state index contributed by atoms with van der Waals surface area (Å²) in [4.78, 5) is 18.2. The number of carbonyl (C=O) groups is 2. The summed E-state index contributed by atoms with van der Waals surface area (Å²) >= 11 is 0. The monoisotopic (exact) mass is 165 g/mol. The van der Waals surface area contributed by atoms with E-state index in [4.69, 9.17) is 25.0 Å². The Morgan fingerprint density at radius 1 is 1.27 bits per heavy atom. The summed E-state index contributed by atoms with van der Waals surface area (Å²) in [5.74, 6) is -3.65. The van der Waals surface area contributed by atoms with Crippen molar-refractivity contribution in [3.05, 3.63) is 0 Å². The molecule has 0 aromatic carbocycles. The molecule has 0 rings (SSSR count). The highest BCUT2D eigenvalue weighted by Crippen LogP contribution is 1.62. The zero-order valence-electron chi connectivity index (χ0n) is 6.07. The number of nitrogens with one attached hydrogen (secondary N) is 1. The summed E-state index contributed by atoms with van der Waals surface area (Å²) < 4.78 is 0. The van der Waals surface area contributed by atoms with Crippen LogP contribution in [0.5, 0.6) is 0 Å². The van der Waals surface area contributed by atoms with Gasteiger partial charge >= 0.3 is 11.9 Å². The van der Waals surface area contributed by atoms with Gasteiger partial charge in [-0.2, -0.15) is 0 Å². The smallest absolute Gasteiger partial charge is 0.414 e. The Kier molecular flexibility index (Phi) is 10.1. The molecule has 0 aliphatic rings. The highest BCUT2D eigenvalue weighted by molar-refractivity contribution is 6.27. The number of carboxylic acid groups (broad SMARTS) is 2. The summed E-state index contributed by atoms with van der Waals surface area (Å²) in [6.45, 7) is 2.68. The number of hydrogen-bond acceptors (Lipinski definition) is 4. The lowest BCUT2D eigenvalue weighted by Crippen LogP contribution is -2.09. The molecule has 0 aliphatic heterocycles. The van der Waals surface area contributed by atoms with Crippen LogP contribution in [0.1, 0.15) is 13.3 Å². The maximum Gasteiger partial charge on any atom is 0.414 e. The van der Waals surface area contributed by atoms with Crippen LogP contribution < -0.4 is 5.48 Å². The first-order chi connectivity index (χ1) is 5.06. The van der Waals surface area contributed by atoms with Crippen LogP contribution in [-0.4, -0.2) is 33.9 Å². The molecule has 0 aromatic heterocycles. The average molecular weight is 165 g/mol. The van der Waals surface area contributed by atoms with E-state index in [2.05, 4.69) is 0 Å². The maximum absolute atomic E-state index is 9.10. The van der Waals surface area contributed by atoms with Crippen molar-refractivity contribution < 1.29 is 25.0 Å². The molecule has 0 atom stereocenters. The lowest BCUT2D eigenvalue weighted by Gasteiger charge is -1.83. The third kappa shape index (κ3) is 17.7. The van der Waals surface area contributed by atoms with Gasteiger partial charge in [-0.1, -0.05) is 6.92 Å². The number of hydroxylamine groups is 1. The predicted molar refractivity (Wildman–Crippen MR) is 35.4 cm³/mol. The maximum atomic E-state index is 9.10. The Morgan fingerprint density at radius 2 is 1.64 bits per heavy atom. The van der Waals surface area contributed by atoms with E-state index in [0.29, 0.717) is 6.54 Å². The summed E-state index contributed by atoms with van der Waals surface area (Å²) in [6, 6.07) is 0. The molecule has 6 heteroatoms. The van der Waals surface area contributed by atoms with Crippen molar-refractivity contribution in [3.63, 3.8) is 0 Å². The highest BCUT2D eigenvalue weighted by Gasteiger charge is 2.04. The fraction of sp³-hybridized carbons (Fsp3) is 0.600. The molecule has 0 radical (unpaired) electrons. The fourth-order valence-electron chi connectivity index (χ4n) is 0.112. The molecular weight excluding hydrogens is 154 g/mol. The first-order valence-corrected chi connectivity index (χ1v) is 2.89. The fourth-order valence-corrected chi connectivity index (χ4v) is 0.112. The van der Waals surface area contributed by atoms with Gasteiger partial charge in [0.25, 0.3) is 0 Å². The van der Waals surface area contributed by atoms with E-state index in [1.165, 1.54) is 0 Å². The molecule has 0 spiro atoms. The minimum Gasteiger partial charge on any atom is -0.473 e. The first kappa shape index (κ1) is 12.5. The summed E-state index contributed by atoms with van der Waals surface area (Å²) in [5, 5.41) is 22.6. The number of carboxylic acids is 2. The standard InChI is InChI=1S/C3H9NO.C2H2O4/c1-2-3-4-5;3-1(4)2(5)6/h4-5H,2-3H2,1H3;(H,3,4)(H,5,6). The van der Waals surface area contributed by atoms with Gasteiger partial charge in [0.05, 0.1) is 0 Å². The number of aliphatic carboxylic acids is 2. The van der Waals surface area contributed by atoms with Gasteiger partial charge in [0.2, 0.25) is 0 Å². The van der Waals surface area contributed by atoms with Crippen LogP contribution in [0.2, 0.25) is 0 Å². The summed E-state index contributed by atoms with van der Waals surface area (Å²) in [5.41, 5.74) is 2.02. The van der Waals surface area contributed by atoms with Gasteiger partial charge in [-0.25, -0.2) is 15.1 Å². The predicted octanol–water partition coefficient (Wildman–Crippen LogP) is -0.469. The highest BCUT2D eigenvalue weighted by atomic mass is 16.5. The van der Waals surface area contributed by atoms with Crippen molar-refractivity contribution >= 4 is 11.9 Å². The van der Waals surface area contributed by atoms with Crippen molar-refractivity contribution in [1.29, 1.82) is 0 Å². The van der Waals surface area contributed by atoms with Crippen molar-refractivity contribution in [2.75, 3.05) is 6.54 Å². The van der Waals surface area contributed by atoms with Crippen LogP contribution in [0.4, 0.5) is 0 Å². The molecule has 4 N–H and O–H groups in total. The van der Waals surface area contributed by atoms with Crippen molar-refractivity contribution in [1.82, 2.24) is 5.48 Å². The molecule has 11 heavy (non-hydrogen) atoms. The first-order valence-electron chi connectivity index (χ1n) is 2.89. The lowest BCUT2D eigenvalue weighted by atomic mass is 10.5. The molecule has 0 heterocycles. The van der Waals surface area contributed by atoms with E-state index in [1.54, 1.807) is 0 Å². The van der Waals surface area contributed by atoms with Gasteiger partial charge in [0.15, 0.2) is 0 Å². The molecule has 0 fully saturated rings. The molecule has 0 bridgehead atoms. The molecule has 0 saturated heterocycles. The average Bonchev–Trinajstić information content (AvgIpc) is 1.90. The summed E-state index contributed by atoms with van der Waals surface area (Å²) in [6.07, 6.45) is 0.983. The Hall–Kier alpha value is -1.14. The van der Waals surface area contributed by atoms with E-state index in [9.17, 15) is 0 Å². The normalized spacial score (nSPS) is 7.82. The molecule has 0 aliphatic carbocycles. The zero-order valence-corrected chi connectivity index (χ0v) is 6.07. The van der Waals surface area contributed by atoms with E-state index in [-0.39, 0.29) is 0 Å². The van der Waals surface area contributed by atoms with Gasteiger partial charge in [-0.05, 0) is 6.42 Å². The van der Waals surface area contributed by atoms with Crippen molar-refractivity contribution in [2.24, 2.45) is 0 Å². The second-order valence-corrected chi connectivity index (χ2v) is 1.52. The third-order valence-electron chi connectivity index (χ3n) is 0.545. The molecule has 0 saturated carbocycles. The number of rotatable bonds is 2. The van der Waals surface area contributed by atoms with Crippen molar-refractivity contribution in [3.8, 4) is 0 Å². The van der Waals surface area contributed by atoms with Crippen LogP contribution in [0.15, 0.2) is 0 Å². The SMILES string of the molecule is CCCNO.O=C(O)C(=O)O. The van der Waals surface area contributed by atoms with Gasteiger partial charge in [-0.3, -0.25) is 0 Å². The topological polar surface area (TPSA) is 107 Å². The second-order valence-electron chi connectivity index (χ2n) is 1.52. The van der Waals surface area contributed by atoms with Crippen LogP contribution >= 0.6 is 0 Å². The van der Waals surface area contributed by atoms with Crippen LogP contribution in [-0.2, 0) is 9.59 Å². The van der Waals surface area contributed by atoms with Crippen molar-refractivity contribution in [2.45, 2.75) is 13.3 Å². The van der Waals surface area contributed by atoms with Gasteiger partial charge in [0.1, 0.15) is 0 Å². The Labute approximate surface area is 63.4 Å². The van der Waals surface area contributed by atoms with Gasteiger partial charge in [0, 0.05) is 6.54 Å². The van der Waals surface area contributed by atoms with E-state index in [0.717, 1.165) is 6.42 Å². The molecule has 0 amide bonds. The molecule has 66 valence electrons. The minimum absolute atomic E-state index is 0.694. The zero-order chi connectivity index (χ0) is 9.28. The van der Waals surface area contributed by atoms with E-state index in [1.807, 2.05) is 12.4 Å². The van der Waals surface area contributed by atoms with Crippen LogP contribution in [0, 0.1) is 0 Å². The summed E-state index contributed by atoms with van der Waals surface area (Å²) in [7, 11) is 0. The Morgan fingerprint density at radius 3 is 1.64 bits per heavy atom. The molecule has 6 nitrogen and oxygen atoms in total. The second kappa shape index (κ2) is 8.86. The number of hydrogen-bond donors (Lipinski definition) is 4. The van der Waals surface area contributed by atoms with Gasteiger partial charge < -0.3 is 15.4 Å². The lowest BCUT2D eigenvalue weighted by molar-refractivity contribution is -0.159. The van der Waals surface area contributed by atoms with Gasteiger partial charge in [-0.15, -0.1) is 0 Å². The largest absolute Gasteiger partial charge is 0.473 e. The third-order valence-corrected chi connectivity index (χ3v) is 0.545. The molecule has 0 unspecified atom stereocenters.